The van der Waals surface area contributed by atoms with Crippen LogP contribution >= 0.6 is 0 Å². The van der Waals surface area contributed by atoms with Gasteiger partial charge in [-0.15, -0.1) is 13.2 Å². The van der Waals surface area contributed by atoms with Crippen LogP contribution in [0.25, 0.3) is 0 Å². The number of ether oxygens (including phenoxy) is 1. The van der Waals surface area contributed by atoms with Gasteiger partial charge in [-0.25, -0.2) is 8.78 Å². The molecular formula is C7H10F5NO. The molecule has 0 saturated carbocycles. The van der Waals surface area contributed by atoms with E-state index in [1.807, 2.05) is 0 Å². The fourth-order valence-electron chi connectivity index (χ4n) is 1.40. The zero-order valence-corrected chi connectivity index (χ0v) is 7.44. The zero-order valence-electron chi connectivity index (χ0n) is 7.44. The van der Waals surface area contributed by atoms with E-state index < -0.39 is 24.9 Å². The Morgan fingerprint density at radius 2 is 1.93 bits per heavy atom. The summed E-state index contributed by atoms with van der Waals surface area (Å²) in [5.74, 6) is -3.44. The predicted octanol–water partition coefficient (Wildman–Crippen LogP) is 1.86. The highest BCUT2D eigenvalue weighted by molar-refractivity contribution is 4.86. The summed E-state index contributed by atoms with van der Waals surface area (Å²) in [7, 11) is 1.43. The van der Waals surface area contributed by atoms with E-state index in [2.05, 4.69) is 4.74 Å². The van der Waals surface area contributed by atoms with Gasteiger partial charge >= 0.3 is 6.36 Å². The molecule has 1 aliphatic heterocycles. The SMILES string of the molecule is CN1CCC(OC(F)(F)F)C(F)(F)C1. The Kier molecular flexibility index (Phi) is 3.01. The highest BCUT2D eigenvalue weighted by atomic mass is 19.4. The van der Waals surface area contributed by atoms with Crippen LogP contribution in [-0.4, -0.2) is 43.4 Å². The van der Waals surface area contributed by atoms with Gasteiger partial charge in [0.25, 0.3) is 5.92 Å². The lowest BCUT2D eigenvalue weighted by Gasteiger charge is -2.36. The van der Waals surface area contributed by atoms with Crippen LogP contribution in [-0.2, 0) is 4.74 Å². The highest BCUT2D eigenvalue weighted by Gasteiger charge is 2.49. The molecule has 0 bridgehead atoms. The molecular weight excluding hydrogens is 209 g/mol. The molecule has 0 amide bonds. The third kappa shape index (κ3) is 3.06. The smallest absolute Gasteiger partial charge is 0.300 e. The van der Waals surface area contributed by atoms with E-state index >= 15 is 0 Å². The monoisotopic (exact) mass is 219 g/mol. The molecule has 0 aromatic heterocycles. The van der Waals surface area contributed by atoms with Gasteiger partial charge in [-0.3, -0.25) is 4.74 Å². The average molecular weight is 219 g/mol. The maximum atomic E-state index is 13.0. The number of halogens is 5. The molecule has 0 N–H and O–H groups in total. The van der Waals surface area contributed by atoms with Crippen LogP contribution in [0.1, 0.15) is 6.42 Å². The van der Waals surface area contributed by atoms with Crippen molar-refractivity contribution in [2.24, 2.45) is 0 Å². The van der Waals surface area contributed by atoms with Crippen LogP contribution in [0.3, 0.4) is 0 Å². The molecule has 0 aliphatic carbocycles. The second-order valence-electron chi connectivity index (χ2n) is 3.34. The molecule has 84 valence electrons. The van der Waals surface area contributed by atoms with Gasteiger partial charge in [-0.1, -0.05) is 0 Å². The van der Waals surface area contributed by atoms with Crippen LogP contribution in [0.15, 0.2) is 0 Å². The minimum absolute atomic E-state index is 0.177. The van der Waals surface area contributed by atoms with Crippen molar-refractivity contribution in [1.82, 2.24) is 4.90 Å². The number of hydrogen-bond donors (Lipinski definition) is 0. The maximum Gasteiger partial charge on any atom is 0.522 e. The van der Waals surface area contributed by atoms with Gasteiger partial charge in [-0.05, 0) is 13.5 Å². The standard InChI is InChI=1S/C7H10F5NO/c1-13-3-2-5(6(8,9)4-13)14-7(10,11)12/h5H,2-4H2,1H3. The van der Waals surface area contributed by atoms with Crippen LogP contribution in [0.5, 0.6) is 0 Å². The fraction of sp³-hybridized carbons (Fsp3) is 1.00. The number of piperidine rings is 1. The fourth-order valence-corrected chi connectivity index (χ4v) is 1.40. The molecule has 1 aliphatic rings. The van der Waals surface area contributed by atoms with Crippen LogP contribution in [0, 0.1) is 0 Å². The van der Waals surface area contributed by atoms with Crippen LogP contribution in [0.4, 0.5) is 22.0 Å². The lowest BCUT2D eigenvalue weighted by molar-refractivity contribution is -0.370. The molecule has 0 aromatic rings. The van der Waals surface area contributed by atoms with Crippen molar-refractivity contribution < 1.29 is 26.7 Å². The largest absolute Gasteiger partial charge is 0.522 e. The van der Waals surface area contributed by atoms with Gasteiger partial charge in [0, 0.05) is 6.54 Å². The Morgan fingerprint density at radius 3 is 2.36 bits per heavy atom. The normalized spacial score (nSPS) is 29.1. The molecule has 0 radical (unpaired) electrons. The Balaban J connectivity index is 2.61. The summed E-state index contributed by atoms with van der Waals surface area (Å²) in [6.45, 7) is -0.524. The van der Waals surface area contributed by atoms with Crippen molar-refractivity contribution >= 4 is 0 Å². The number of likely N-dealkylation sites (tertiary alicyclic amines) is 1. The Labute approximate surface area is 77.6 Å². The molecule has 1 fully saturated rings. The van der Waals surface area contributed by atoms with E-state index in [1.54, 1.807) is 0 Å². The minimum Gasteiger partial charge on any atom is -0.300 e. The highest BCUT2D eigenvalue weighted by Crippen LogP contribution is 2.33. The summed E-state index contributed by atoms with van der Waals surface area (Å²) < 4.78 is 64.5. The molecule has 1 saturated heterocycles. The van der Waals surface area contributed by atoms with E-state index in [0.29, 0.717) is 0 Å². The lowest BCUT2D eigenvalue weighted by atomic mass is 10.0. The van der Waals surface area contributed by atoms with Gasteiger partial charge in [0.2, 0.25) is 0 Å². The van der Waals surface area contributed by atoms with E-state index in [1.165, 1.54) is 11.9 Å². The van der Waals surface area contributed by atoms with Gasteiger partial charge in [0.1, 0.15) is 6.10 Å². The van der Waals surface area contributed by atoms with Crippen molar-refractivity contribution in [1.29, 1.82) is 0 Å². The van der Waals surface area contributed by atoms with E-state index in [-0.39, 0.29) is 13.0 Å². The van der Waals surface area contributed by atoms with Gasteiger partial charge in [0.05, 0.1) is 6.54 Å². The number of hydrogen-bond acceptors (Lipinski definition) is 2. The van der Waals surface area contributed by atoms with Gasteiger partial charge in [-0.2, -0.15) is 0 Å². The maximum absolute atomic E-state index is 13.0. The summed E-state index contributed by atoms with van der Waals surface area (Å²) >= 11 is 0. The van der Waals surface area contributed by atoms with E-state index in [4.69, 9.17) is 0 Å². The van der Waals surface area contributed by atoms with Crippen molar-refractivity contribution in [2.45, 2.75) is 24.8 Å². The summed E-state index contributed by atoms with van der Waals surface area (Å²) in [5.41, 5.74) is 0. The predicted molar refractivity (Wildman–Crippen MR) is 38.0 cm³/mol. The third-order valence-electron chi connectivity index (χ3n) is 2.00. The zero-order chi connectivity index (χ0) is 11.0. The second kappa shape index (κ2) is 3.62. The van der Waals surface area contributed by atoms with E-state index in [0.717, 1.165) is 0 Å². The quantitative estimate of drug-likeness (QED) is 0.624. The molecule has 1 rings (SSSR count). The Hall–Kier alpha value is -0.430. The van der Waals surface area contributed by atoms with E-state index in [9.17, 15) is 22.0 Å². The molecule has 14 heavy (non-hydrogen) atoms. The first-order valence-electron chi connectivity index (χ1n) is 4.01. The lowest BCUT2D eigenvalue weighted by Crippen LogP contribution is -2.52. The Morgan fingerprint density at radius 1 is 1.36 bits per heavy atom. The molecule has 0 aromatic carbocycles. The summed E-state index contributed by atoms with van der Waals surface area (Å²) in [5, 5.41) is 0. The van der Waals surface area contributed by atoms with Crippen molar-refractivity contribution in [2.75, 3.05) is 20.1 Å². The number of rotatable bonds is 1. The third-order valence-corrected chi connectivity index (χ3v) is 2.00. The summed E-state index contributed by atoms with van der Waals surface area (Å²) in [4.78, 5) is 1.27. The van der Waals surface area contributed by atoms with Crippen LogP contribution in [0.2, 0.25) is 0 Å². The Bertz CT molecular complexity index is 205. The first kappa shape index (κ1) is 11.6. The topological polar surface area (TPSA) is 12.5 Å². The molecule has 1 atom stereocenters. The number of alkyl halides is 5. The first-order valence-corrected chi connectivity index (χ1v) is 4.01. The molecule has 7 heteroatoms. The average Bonchev–Trinajstić information content (AvgIpc) is 1.91. The molecule has 2 nitrogen and oxygen atoms in total. The van der Waals surface area contributed by atoms with Crippen molar-refractivity contribution in [3.63, 3.8) is 0 Å². The van der Waals surface area contributed by atoms with Gasteiger partial charge < -0.3 is 4.90 Å². The molecule has 1 unspecified atom stereocenters. The summed E-state index contributed by atoms with van der Waals surface area (Å²) in [6.07, 6.45) is -7.37. The number of nitrogens with zero attached hydrogens (tertiary/aromatic N) is 1. The van der Waals surface area contributed by atoms with Crippen LogP contribution < -0.4 is 0 Å². The molecule has 1 heterocycles. The second-order valence-corrected chi connectivity index (χ2v) is 3.34. The minimum atomic E-state index is -5.00. The first-order chi connectivity index (χ1) is 6.21. The van der Waals surface area contributed by atoms with Gasteiger partial charge in [0.15, 0.2) is 0 Å². The van der Waals surface area contributed by atoms with Crippen molar-refractivity contribution in [3.05, 3.63) is 0 Å². The molecule has 0 spiro atoms. The van der Waals surface area contributed by atoms with Crippen molar-refractivity contribution in [3.8, 4) is 0 Å². The summed E-state index contributed by atoms with van der Waals surface area (Å²) in [6, 6.07) is 0.